The maximum absolute atomic E-state index is 2.43. The zero-order valence-electron chi connectivity index (χ0n) is 8.39. The summed E-state index contributed by atoms with van der Waals surface area (Å²) in [5.74, 6) is 2.43. The molecule has 1 aromatic carbocycles. The summed E-state index contributed by atoms with van der Waals surface area (Å²) in [5, 5.41) is 0. The highest BCUT2D eigenvalue weighted by Gasteiger charge is 2.11. The molecule has 0 bridgehead atoms. The van der Waals surface area contributed by atoms with E-state index in [-0.39, 0.29) is 12.4 Å². The Labute approximate surface area is 92.4 Å². The van der Waals surface area contributed by atoms with Crippen LogP contribution in [0.1, 0.15) is 5.56 Å². The second-order valence-corrected chi connectivity index (χ2v) is 7.82. The predicted octanol–water partition coefficient (Wildman–Crippen LogP) is 3.63. The molecular formula is C12H16ClP. The summed E-state index contributed by atoms with van der Waals surface area (Å²) in [6, 6.07) is 10.8. The Balaban J connectivity index is 0.000000980. The first-order valence-electron chi connectivity index (χ1n) is 4.68. The van der Waals surface area contributed by atoms with Gasteiger partial charge in [0.15, 0.2) is 0 Å². The van der Waals surface area contributed by atoms with E-state index in [1.807, 2.05) is 0 Å². The zero-order chi connectivity index (χ0) is 9.15. The molecule has 0 nitrogen and oxygen atoms in total. The lowest BCUT2D eigenvalue weighted by atomic mass is 10.2. The molecule has 76 valence electrons. The van der Waals surface area contributed by atoms with Crippen LogP contribution in [-0.4, -0.2) is 18.6 Å². The standard InChI is InChI=1S/C12H15P.ClH/c1-13(9-5-6-10-13)11-12-7-3-2-4-8-12;/h2-9H,10-11H2,1H3;1H. The lowest BCUT2D eigenvalue weighted by molar-refractivity contribution is 1.38. The van der Waals surface area contributed by atoms with Crippen LogP contribution in [0.3, 0.4) is 0 Å². The van der Waals surface area contributed by atoms with E-state index in [2.05, 4.69) is 54.9 Å². The van der Waals surface area contributed by atoms with Gasteiger partial charge in [-0.25, -0.2) is 0 Å². The van der Waals surface area contributed by atoms with Crippen molar-refractivity contribution >= 4 is 25.1 Å². The fourth-order valence-corrected chi connectivity index (χ4v) is 4.29. The van der Waals surface area contributed by atoms with Gasteiger partial charge in [0.2, 0.25) is 0 Å². The van der Waals surface area contributed by atoms with E-state index in [4.69, 9.17) is 0 Å². The van der Waals surface area contributed by atoms with Gasteiger partial charge in [-0.1, -0.05) is 55.2 Å². The van der Waals surface area contributed by atoms with Crippen LogP contribution in [0.5, 0.6) is 0 Å². The Bertz CT molecular complexity index is 365. The topological polar surface area (TPSA) is 0 Å². The van der Waals surface area contributed by atoms with Crippen molar-refractivity contribution < 1.29 is 0 Å². The Morgan fingerprint density at radius 3 is 2.50 bits per heavy atom. The minimum absolute atomic E-state index is 0. The van der Waals surface area contributed by atoms with Crippen LogP contribution in [0.4, 0.5) is 0 Å². The number of halogens is 1. The maximum atomic E-state index is 2.43. The zero-order valence-corrected chi connectivity index (χ0v) is 10.1. The van der Waals surface area contributed by atoms with Crippen molar-refractivity contribution in [2.24, 2.45) is 0 Å². The fraction of sp³-hybridized carbons (Fsp3) is 0.250. The van der Waals surface area contributed by atoms with Crippen molar-refractivity contribution in [1.82, 2.24) is 0 Å². The average molecular weight is 227 g/mol. The Morgan fingerprint density at radius 2 is 1.93 bits per heavy atom. The number of hydrogen-bond donors (Lipinski definition) is 0. The van der Waals surface area contributed by atoms with Gasteiger partial charge in [-0.05, 0) is 24.6 Å². The summed E-state index contributed by atoms with van der Waals surface area (Å²) >= 11 is 0. The molecule has 1 unspecified atom stereocenters. The molecule has 0 saturated carbocycles. The van der Waals surface area contributed by atoms with Crippen molar-refractivity contribution in [3.63, 3.8) is 0 Å². The smallest absolute Gasteiger partial charge is 0.00739 e. The molecule has 0 fully saturated rings. The Kier molecular flexibility index (Phi) is 4.04. The van der Waals surface area contributed by atoms with Gasteiger partial charge >= 0.3 is 0 Å². The van der Waals surface area contributed by atoms with E-state index in [1.54, 1.807) is 0 Å². The van der Waals surface area contributed by atoms with Gasteiger partial charge in [0, 0.05) is 0 Å². The van der Waals surface area contributed by atoms with E-state index in [1.165, 1.54) is 17.9 Å². The molecular weight excluding hydrogens is 211 g/mol. The first-order valence-corrected chi connectivity index (χ1v) is 7.35. The fourth-order valence-electron chi connectivity index (χ4n) is 1.75. The second-order valence-electron chi connectivity index (χ2n) is 3.88. The highest BCUT2D eigenvalue weighted by molar-refractivity contribution is 7.74. The van der Waals surface area contributed by atoms with E-state index in [0.717, 1.165) is 0 Å². The van der Waals surface area contributed by atoms with Gasteiger partial charge in [0.25, 0.3) is 0 Å². The number of allylic oxidation sites excluding steroid dienone is 2. The lowest BCUT2D eigenvalue weighted by Gasteiger charge is -2.15. The largest absolute Gasteiger partial charge is 0.147 e. The molecule has 0 amide bonds. The number of benzene rings is 1. The molecule has 0 radical (unpaired) electrons. The van der Waals surface area contributed by atoms with Crippen molar-refractivity contribution in [3.8, 4) is 0 Å². The molecule has 1 atom stereocenters. The van der Waals surface area contributed by atoms with E-state index in [0.29, 0.717) is 0 Å². The molecule has 1 aliphatic heterocycles. The van der Waals surface area contributed by atoms with Crippen LogP contribution in [0.2, 0.25) is 0 Å². The van der Waals surface area contributed by atoms with Crippen molar-refractivity contribution in [3.05, 3.63) is 48.0 Å². The van der Waals surface area contributed by atoms with Crippen molar-refractivity contribution in [1.29, 1.82) is 0 Å². The Hall–Kier alpha value is -0.450. The van der Waals surface area contributed by atoms with Crippen LogP contribution in [0.25, 0.3) is 0 Å². The molecule has 0 saturated heterocycles. The van der Waals surface area contributed by atoms with Crippen LogP contribution < -0.4 is 0 Å². The van der Waals surface area contributed by atoms with E-state index < -0.39 is 6.89 Å². The Morgan fingerprint density at radius 1 is 1.21 bits per heavy atom. The molecule has 2 rings (SSSR count). The third-order valence-corrected chi connectivity index (χ3v) is 5.52. The highest BCUT2D eigenvalue weighted by atomic mass is 35.5. The minimum Gasteiger partial charge on any atom is -0.147 e. The number of hydrogen-bond acceptors (Lipinski definition) is 0. The van der Waals surface area contributed by atoms with Crippen LogP contribution in [-0.2, 0) is 6.16 Å². The third kappa shape index (κ3) is 2.77. The van der Waals surface area contributed by atoms with Gasteiger partial charge in [0.05, 0.1) is 0 Å². The third-order valence-electron chi connectivity index (χ3n) is 2.49. The summed E-state index contributed by atoms with van der Waals surface area (Å²) in [7, 11) is 0. The molecule has 0 aliphatic carbocycles. The van der Waals surface area contributed by atoms with Gasteiger partial charge in [-0.2, -0.15) is 0 Å². The van der Waals surface area contributed by atoms with Gasteiger partial charge in [-0.3, -0.25) is 0 Å². The summed E-state index contributed by atoms with van der Waals surface area (Å²) < 4.78 is 0. The average Bonchev–Trinajstić information content (AvgIpc) is 2.54. The highest BCUT2D eigenvalue weighted by Crippen LogP contribution is 2.48. The van der Waals surface area contributed by atoms with Crippen molar-refractivity contribution in [2.45, 2.75) is 6.16 Å². The SMILES string of the molecule is CP1(Cc2ccccc2)=CC=CC1.Cl. The monoisotopic (exact) mass is 226 g/mol. The predicted molar refractivity (Wildman–Crippen MR) is 70.3 cm³/mol. The summed E-state index contributed by atoms with van der Waals surface area (Å²) in [5.41, 5.74) is 1.48. The molecule has 1 aromatic rings. The maximum Gasteiger partial charge on any atom is -0.00739 e. The summed E-state index contributed by atoms with van der Waals surface area (Å²) in [6.07, 6.45) is 7.09. The van der Waals surface area contributed by atoms with Gasteiger partial charge in [-0.15, -0.1) is 12.4 Å². The molecule has 0 aromatic heterocycles. The normalized spacial score (nSPS) is 24.1. The quantitative estimate of drug-likeness (QED) is 0.676. The molecule has 0 N–H and O–H groups in total. The minimum atomic E-state index is -0.778. The lowest BCUT2D eigenvalue weighted by Crippen LogP contribution is -1.89. The van der Waals surface area contributed by atoms with E-state index >= 15 is 0 Å². The van der Waals surface area contributed by atoms with Gasteiger partial charge in [0.1, 0.15) is 0 Å². The van der Waals surface area contributed by atoms with E-state index in [9.17, 15) is 0 Å². The van der Waals surface area contributed by atoms with Crippen molar-refractivity contribution in [2.75, 3.05) is 12.8 Å². The number of rotatable bonds is 2. The first-order chi connectivity index (χ1) is 6.29. The second kappa shape index (κ2) is 4.87. The molecule has 0 spiro atoms. The van der Waals surface area contributed by atoms with Crippen LogP contribution in [0.15, 0.2) is 42.5 Å². The molecule has 1 heterocycles. The molecule has 1 aliphatic rings. The van der Waals surface area contributed by atoms with Crippen LogP contribution >= 0.6 is 19.3 Å². The summed E-state index contributed by atoms with van der Waals surface area (Å²) in [4.78, 5) is 0. The first kappa shape index (κ1) is 11.6. The molecule has 2 heteroatoms. The summed E-state index contributed by atoms with van der Waals surface area (Å²) in [6.45, 7) is 1.65. The molecule has 14 heavy (non-hydrogen) atoms. The van der Waals surface area contributed by atoms with Crippen LogP contribution in [0, 0.1) is 0 Å². The van der Waals surface area contributed by atoms with Gasteiger partial charge < -0.3 is 0 Å².